The molecule has 1 aromatic heterocycles. The van der Waals surface area contributed by atoms with E-state index in [1.54, 1.807) is 0 Å². The Morgan fingerprint density at radius 1 is 1.18 bits per heavy atom. The van der Waals surface area contributed by atoms with Gasteiger partial charge in [0.1, 0.15) is 5.82 Å². The highest BCUT2D eigenvalue weighted by atomic mass is 79.9. The molecule has 1 aliphatic heterocycles. The topological polar surface area (TPSA) is 16.1 Å². The summed E-state index contributed by atoms with van der Waals surface area (Å²) in [6.07, 6.45) is 1.88. The second kappa shape index (κ2) is 4.15. The average molecular weight is 289 g/mol. The van der Waals surface area contributed by atoms with Gasteiger partial charge in [0.05, 0.1) is 0 Å². The predicted molar refractivity (Wildman–Crippen MR) is 73.0 cm³/mol. The second-order valence-electron chi connectivity index (χ2n) is 4.42. The lowest BCUT2D eigenvalue weighted by Gasteiger charge is -2.17. The molecule has 0 aliphatic carbocycles. The van der Waals surface area contributed by atoms with Crippen molar-refractivity contribution in [3.8, 4) is 0 Å². The molecule has 0 amide bonds. The van der Waals surface area contributed by atoms with Crippen molar-refractivity contribution in [2.24, 2.45) is 0 Å². The number of benzene rings is 1. The summed E-state index contributed by atoms with van der Waals surface area (Å²) in [5, 5.41) is 0. The molecular formula is C14H13BrN2. The first kappa shape index (κ1) is 10.8. The van der Waals surface area contributed by atoms with Gasteiger partial charge in [0, 0.05) is 23.8 Å². The fourth-order valence-corrected chi connectivity index (χ4v) is 2.41. The van der Waals surface area contributed by atoms with Gasteiger partial charge in [-0.3, -0.25) is 0 Å². The van der Waals surface area contributed by atoms with Gasteiger partial charge in [0.25, 0.3) is 0 Å². The predicted octanol–water partition coefficient (Wildman–Crippen LogP) is 3.67. The summed E-state index contributed by atoms with van der Waals surface area (Å²) in [6.45, 7) is 4.02. The van der Waals surface area contributed by atoms with E-state index in [-0.39, 0.29) is 0 Å². The Labute approximate surface area is 109 Å². The minimum atomic E-state index is 0.963. The van der Waals surface area contributed by atoms with Crippen LogP contribution in [0.25, 0.3) is 0 Å². The number of pyridine rings is 1. The molecular weight excluding hydrogens is 276 g/mol. The van der Waals surface area contributed by atoms with Crippen molar-refractivity contribution in [2.75, 3.05) is 4.90 Å². The van der Waals surface area contributed by atoms with Gasteiger partial charge in [0.2, 0.25) is 0 Å². The zero-order chi connectivity index (χ0) is 11.8. The maximum atomic E-state index is 4.48. The number of anilines is 1. The van der Waals surface area contributed by atoms with Gasteiger partial charge in [-0.2, -0.15) is 0 Å². The van der Waals surface area contributed by atoms with Crippen LogP contribution in [0.15, 0.2) is 41.0 Å². The zero-order valence-electron chi connectivity index (χ0n) is 9.65. The Bertz CT molecular complexity index is 541. The third-order valence-corrected chi connectivity index (χ3v) is 4.03. The summed E-state index contributed by atoms with van der Waals surface area (Å²) in [4.78, 5) is 6.79. The van der Waals surface area contributed by atoms with E-state index in [0.29, 0.717) is 0 Å². The van der Waals surface area contributed by atoms with Gasteiger partial charge >= 0.3 is 0 Å². The maximum absolute atomic E-state index is 4.48. The summed E-state index contributed by atoms with van der Waals surface area (Å²) in [6, 6.07) is 10.7. The van der Waals surface area contributed by atoms with E-state index in [2.05, 4.69) is 63.1 Å². The zero-order valence-corrected chi connectivity index (χ0v) is 11.2. The van der Waals surface area contributed by atoms with Gasteiger partial charge in [-0.15, -0.1) is 0 Å². The minimum absolute atomic E-state index is 0.963. The largest absolute Gasteiger partial charge is 0.348 e. The molecule has 0 N–H and O–H groups in total. The van der Waals surface area contributed by atoms with Crippen LogP contribution in [-0.2, 0) is 13.1 Å². The number of aromatic nitrogens is 1. The van der Waals surface area contributed by atoms with Crippen LogP contribution in [-0.4, -0.2) is 4.98 Å². The van der Waals surface area contributed by atoms with Crippen molar-refractivity contribution >= 4 is 21.7 Å². The lowest BCUT2D eigenvalue weighted by molar-refractivity contribution is 0.854. The molecule has 0 atom stereocenters. The second-order valence-corrected chi connectivity index (χ2v) is 5.27. The molecule has 0 saturated carbocycles. The molecule has 0 spiro atoms. The Kier molecular flexibility index (Phi) is 2.63. The van der Waals surface area contributed by atoms with Crippen molar-refractivity contribution in [1.29, 1.82) is 0 Å². The number of rotatable bonds is 1. The molecule has 0 saturated heterocycles. The van der Waals surface area contributed by atoms with Crippen molar-refractivity contribution in [1.82, 2.24) is 4.98 Å². The molecule has 3 heteroatoms. The highest BCUT2D eigenvalue weighted by Crippen LogP contribution is 2.28. The summed E-state index contributed by atoms with van der Waals surface area (Å²) in [5.41, 5.74) is 4.05. The van der Waals surface area contributed by atoms with Crippen molar-refractivity contribution in [2.45, 2.75) is 20.0 Å². The molecule has 17 heavy (non-hydrogen) atoms. The van der Waals surface area contributed by atoms with Crippen molar-refractivity contribution in [3.05, 3.63) is 57.7 Å². The Morgan fingerprint density at radius 3 is 2.41 bits per heavy atom. The van der Waals surface area contributed by atoms with E-state index in [1.807, 2.05) is 6.20 Å². The van der Waals surface area contributed by atoms with Gasteiger partial charge in [0.15, 0.2) is 0 Å². The van der Waals surface area contributed by atoms with Crippen molar-refractivity contribution < 1.29 is 0 Å². The fraction of sp³-hybridized carbons (Fsp3) is 0.214. The first-order valence-electron chi connectivity index (χ1n) is 5.68. The quantitative estimate of drug-likeness (QED) is 0.796. The highest BCUT2D eigenvalue weighted by molar-refractivity contribution is 9.10. The SMILES string of the molecule is Cc1cc(N2Cc3ccccc3C2)ncc1Br. The van der Waals surface area contributed by atoms with E-state index in [0.717, 1.165) is 23.4 Å². The molecule has 0 bridgehead atoms. The van der Waals surface area contributed by atoms with E-state index >= 15 is 0 Å². The van der Waals surface area contributed by atoms with Crippen LogP contribution in [0.4, 0.5) is 5.82 Å². The van der Waals surface area contributed by atoms with Crippen LogP contribution in [0.5, 0.6) is 0 Å². The van der Waals surface area contributed by atoms with Gasteiger partial charge in [-0.1, -0.05) is 24.3 Å². The van der Waals surface area contributed by atoms with Crippen LogP contribution in [0.3, 0.4) is 0 Å². The average Bonchev–Trinajstić information content (AvgIpc) is 2.76. The monoisotopic (exact) mass is 288 g/mol. The minimum Gasteiger partial charge on any atom is -0.348 e. The summed E-state index contributed by atoms with van der Waals surface area (Å²) >= 11 is 3.49. The Balaban J connectivity index is 1.91. The highest BCUT2D eigenvalue weighted by Gasteiger charge is 2.19. The molecule has 1 aliphatic rings. The lowest BCUT2D eigenvalue weighted by Crippen LogP contribution is -2.15. The lowest BCUT2D eigenvalue weighted by atomic mass is 10.1. The Hall–Kier alpha value is -1.35. The molecule has 3 rings (SSSR count). The summed E-state index contributed by atoms with van der Waals surface area (Å²) in [7, 11) is 0. The van der Waals surface area contributed by atoms with E-state index in [9.17, 15) is 0 Å². The van der Waals surface area contributed by atoms with Gasteiger partial charge < -0.3 is 4.90 Å². The first-order chi connectivity index (χ1) is 8.24. The van der Waals surface area contributed by atoms with Crippen LogP contribution in [0.2, 0.25) is 0 Å². The van der Waals surface area contributed by atoms with Crippen LogP contribution >= 0.6 is 15.9 Å². The standard InChI is InChI=1S/C14H13BrN2/c1-10-6-14(16-7-13(10)15)17-8-11-4-2-3-5-12(11)9-17/h2-7H,8-9H2,1H3. The van der Waals surface area contributed by atoms with Gasteiger partial charge in [-0.05, 0) is 45.6 Å². The number of halogens is 1. The third kappa shape index (κ3) is 1.95. The maximum Gasteiger partial charge on any atom is 0.129 e. The van der Waals surface area contributed by atoms with E-state index in [4.69, 9.17) is 0 Å². The number of hydrogen-bond acceptors (Lipinski definition) is 2. The van der Waals surface area contributed by atoms with Crippen LogP contribution in [0, 0.1) is 6.92 Å². The number of hydrogen-bond donors (Lipinski definition) is 0. The van der Waals surface area contributed by atoms with Crippen LogP contribution < -0.4 is 4.90 Å². The molecule has 1 aromatic carbocycles. The molecule has 0 unspecified atom stereocenters. The van der Waals surface area contributed by atoms with Crippen molar-refractivity contribution in [3.63, 3.8) is 0 Å². The van der Waals surface area contributed by atoms with Gasteiger partial charge in [-0.25, -0.2) is 4.98 Å². The molecule has 86 valence electrons. The normalized spacial score (nSPS) is 13.9. The number of aryl methyl sites for hydroxylation is 1. The molecule has 0 fully saturated rings. The fourth-order valence-electron chi connectivity index (χ4n) is 2.19. The van der Waals surface area contributed by atoms with Crippen LogP contribution in [0.1, 0.15) is 16.7 Å². The summed E-state index contributed by atoms with van der Waals surface area (Å²) < 4.78 is 1.07. The number of fused-ring (bicyclic) bond motifs is 1. The van der Waals surface area contributed by atoms with E-state index in [1.165, 1.54) is 16.7 Å². The third-order valence-electron chi connectivity index (χ3n) is 3.20. The Morgan fingerprint density at radius 2 is 1.82 bits per heavy atom. The molecule has 2 aromatic rings. The smallest absolute Gasteiger partial charge is 0.129 e. The number of nitrogens with zero attached hydrogens (tertiary/aromatic N) is 2. The first-order valence-corrected chi connectivity index (χ1v) is 6.47. The molecule has 2 heterocycles. The van der Waals surface area contributed by atoms with E-state index < -0.39 is 0 Å². The summed E-state index contributed by atoms with van der Waals surface area (Å²) in [5.74, 6) is 1.06. The molecule has 0 radical (unpaired) electrons. The molecule has 2 nitrogen and oxygen atoms in total.